The molecule has 3 N–H and O–H groups in total. The van der Waals surface area contributed by atoms with Crippen LogP contribution >= 0.6 is 0 Å². The van der Waals surface area contributed by atoms with Gasteiger partial charge in [-0.25, -0.2) is 8.78 Å². The monoisotopic (exact) mass is 285 g/mol. The molecule has 1 aromatic rings. The van der Waals surface area contributed by atoms with Gasteiger partial charge in [-0.1, -0.05) is 0 Å². The van der Waals surface area contributed by atoms with E-state index in [9.17, 15) is 13.6 Å². The lowest BCUT2D eigenvalue weighted by atomic mass is 10.1. The maximum atomic E-state index is 13.6. The number of ether oxygens (including phenoxy) is 1. The highest BCUT2D eigenvalue weighted by molar-refractivity contribution is 5.94. The number of benzene rings is 1. The standard InChI is InChI=1S/C13H17F2N3O2/c1-20-9-2-4-18(5-3-9)13(19)8-6-10(14)12(17-16)11(15)7-8/h6-7,9,17H,2-5,16H2,1H3. The van der Waals surface area contributed by atoms with Crippen LogP contribution in [0.5, 0.6) is 0 Å². The van der Waals surface area contributed by atoms with Crippen molar-refractivity contribution in [1.82, 2.24) is 4.90 Å². The van der Waals surface area contributed by atoms with Gasteiger partial charge in [0.05, 0.1) is 6.10 Å². The number of amides is 1. The van der Waals surface area contributed by atoms with Crippen LogP contribution in [0.3, 0.4) is 0 Å². The van der Waals surface area contributed by atoms with Gasteiger partial charge in [-0.3, -0.25) is 10.6 Å². The third-order valence-corrected chi connectivity index (χ3v) is 3.50. The molecular formula is C13H17F2N3O2. The minimum atomic E-state index is -0.886. The SMILES string of the molecule is COC1CCN(C(=O)c2cc(F)c(NN)c(F)c2)CC1. The van der Waals surface area contributed by atoms with Crippen molar-refractivity contribution in [2.45, 2.75) is 18.9 Å². The number of nitrogens with two attached hydrogens (primary N) is 1. The number of nitrogens with zero attached hydrogens (tertiary/aromatic N) is 1. The Morgan fingerprint density at radius 1 is 1.35 bits per heavy atom. The van der Waals surface area contributed by atoms with Crippen molar-refractivity contribution in [3.8, 4) is 0 Å². The number of carbonyl (C=O) groups is 1. The summed E-state index contributed by atoms with van der Waals surface area (Å²) in [6, 6.07) is 1.98. The molecule has 5 nitrogen and oxygen atoms in total. The summed E-state index contributed by atoms with van der Waals surface area (Å²) in [6.07, 6.45) is 1.57. The highest BCUT2D eigenvalue weighted by atomic mass is 19.1. The molecule has 1 aliphatic rings. The Morgan fingerprint density at radius 2 is 1.90 bits per heavy atom. The number of hydrazine groups is 1. The van der Waals surface area contributed by atoms with Crippen LogP contribution in [0.2, 0.25) is 0 Å². The zero-order valence-electron chi connectivity index (χ0n) is 11.2. The normalized spacial score (nSPS) is 16.3. The van der Waals surface area contributed by atoms with Gasteiger partial charge in [0.2, 0.25) is 0 Å². The van der Waals surface area contributed by atoms with E-state index in [1.54, 1.807) is 12.0 Å². The third kappa shape index (κ3) is 2.88. The van der Waals surface area contributed by atoms with Gasteiger partial charge in [-0.15, -0.1) is 0 Å². The minimum Gasteiger partial charge on any atom is -0.381 e. The smallest absolute Gasteiger partial charge is 0.254 e. The van der Waals surface area contributed by atoms with E-state index in [1.165, 1.54) is 0 Å². The molecule has 20 heavy (non-hydrogen) atoms. The number of nitrogen functional groups attached to an aromatic ring is 1. The maximum Gasteiger partial charge on any atom is 0.254 e. The minimum absolute atomic E-state index is 0.0186. The van der Waals surface area contributed by atoms with Gasteiger partial charge in [0.15, 0.2) is 11.6 Å². The molecule has 1 saturated heterocycles. The fourth-order valence-corrected chi connectivity index (χ4v) is 2.31. The van der Waals surface area contributed by atoms with E-state index in [2.05, 4.69) is 0 Å². The predicted molar refractivity (Wildman–Crippen MR) is 70.1 cm³/mol. The summed E-state index contributed by atoms with van der Waals surface area (Å²) >= 11 is 0. The predicted octanol–water partition coefficient (Wildman–Crippen LogP) is 1.50. The molecular weight excluding hydrogens is 268 g/mol. The van der Waals surface area contributed by atoms with Crippen LogP contribution in [-0.2, 0) is 4.74 Å². The van der Waals surface area contributed by atoms with E-state index in [0.29, 0.717) is 13.1 Å². The Bertz CT molecular complexity index is 479. The lowest BCUT2D eigenvalue weighted by molar-refractivity contribution is 0.0350. The molecule has 0 aliphatic carbocycles. The summed E-state index contributed by atoms with van der Waals surface area (Å²) in [4.78, 5) is 13.8. The van der Waals surface area contributed by atoms with Crippen LogP contribution in [0.15, 0.2) is 12.1 Å². The Labute approximate surface area is 115 Å². The molecule has 1 heterocycles. The number of anilines is 1. The maximum absolute atomic E-state index is 13.6. The number of hydrogen-bond donors (Lipinski definition) is 2. The van der Waals surface area contributed by atoms with Crippen LogP contribution < -0.4 is 11.3 Å². The first-order valence-corrected chi connectivity index (χ1v) is 6.34. The van der Waals surface area contributed by atoms with E-state index in [-0.39, 0.29) is 17.6 Å². The van der Waals surface area contributed by atoms with E-state index in [0.717, 1.165) is 25.0 Å². The molecule has 1 fully saturated rings. The molecule has 1 aromatic carbocycles. The fourth-order valence-electron chi connectivity index (χ4n) is 2.31. The van der Waals surface area contributed by atoms with Crippen LogP contribution in [0.1, 0.15) is 23.2 Å². The molecule has 0 radical (unpaired) electrons. The highest BCUT2D eigenvalue weighted by Gasteiger charge is 2.24. The van der Waals surface area contributed by atoms with Crippen molar-refractivity contribution in [3.05, 3.63) is 29.3 Å². The number of halogens is 2. The van der Waals surface area contributed by atoms with Gasteiger partial charge in [0.1, 0.15) is 5.69 Å². The van der Waals surface area contributed by atoms with Crippen molar-refractivity contribution < 1.29 is 18.3 Å². The van der Waals surface area contributed by atoms with Gasteiger partial charge < -0.3 is 15.1 Å². The third-order valence-electron chi connectivity index (χ3n) is 3.50. The Morgan fingerprint density at radius 3 is 2.35 bits per heavy atom. The summed E-state index contributed by atoms with van der Waals surface area (Å²) in [5.74, 6) is 2.85. The lowest BCUT2D eigenvalue weighted by Gasteiger charge is -2.31. The van der Waals surface area contributed by atoms with Gasteiger partial charge in [-0.05, 0) is 25.0 Å². The second-order valence-corrected chi connectivity index (χ2v) is 4.69. The van der Waals surface area contributed by atoms with Crippen LogP contribution in [-0.4, -0.2) is 37.1 Å². The molecule has 0 unspecified atom stereocenters. The second-order valence-electron chi connectivity index (χ2n) is 4.69. The molecule has 0 aromatic heterocycles. The molecule has 2 rings (SSSR count). The Kier molecular flexibility index (Phi) is 4.51. The molecule has 0 atom stereocenters. The lowest BCUT2D eigenvalue weighted by Crippen LogP contribution is -2.40. The summed E-state index contributed by atoms with van der Waals surface area (Å²) in [7, 11) is 1.63. The number of hydrogen-bond acceptors (Lipinski definition) is 4. The number of carbonyl (C=O) groups excluding carboxylic acids is 1. The topological polar surface area (TPSA) is 67.6 Å². The molecule has 0 bridgehead atoms. The number of rotatable bonds is 3. The van der Waals surface area contributed by atoms with Crippen molar-refractivity contribution in [3.63, 3.8) is 0 Å². The Balaban J connectivity index is 2.14. The first-order valence-electron chi connectivity index (χ1n) is 6.34. The molecule has 0 saturated carbocycles. The number of likely N-dealkylation sites (tertiary alicyclic amines) is 1. The van der Waals surface area contributed by atoms with Gasteiger partial charge in [0, 0.05) is 25.8 Å². The van der Waals surface area contributed by atoms with Crippen LogP contribution in [0.25, 0.3) is 0 Å². The number of methoxy groups -OCH3 is 1. The summed E-state index contributed by atoms with van der Waals surface area (Å²) < 4.78 is 32.4. The second kappa shape index (κ2) is 6.15. The first kappa shape index (κ1) is 14.7. The zero-order chi connectivity index (χ0) is 14.7. The van der Waals surface area contributed by atoms with E-state index < -0.39 is 17.3 Å². The zero-order valence-corrected chi connectivity index (χ0v) is 11.2. The van der Waals surface area contributed by atoms with E-state index in [4.69, 9.17) is 10.6 Å². The molecule has 110 valence electrons. The molecule has 0 spiro atoms. The van der Waals surface area contributed by atoms with Crippen LogP contribution in [0, 0.1) is 11.6 Å². The number of nitrogens with one attached hydrogen (secondary N) is 1. The first-order chi connectivity index (χ1) is 9.56. The quantitative estimate of drug-likeness (QED) is 0.652. The van der Waals surface area contributed by atoms with E-state index in [1.807, 2.05) is 5.43 Å². The van der Waals surface area contributed by atoms with E-state index >= 15 is 0 Å². The molecule has 1 amide bonds. The van der Waals surface area contributed by atoms with Crippen LogP contribution in [0.4, 0.5) is 14.5 Å². The number of piperidine rings is 1. The highest BCUT2D eigenvalue weighted by Crippen LogP contribution is 2.22. The molecule has 1 aliphatic heterocycles. The van der Waals surface area contributed by atoms with Gasteiger partial charge >= 0.3 is 0 Å². The van der Waals surface area contributed by atoms with Crippen molar-refractivity contribution in [2.75, 3.05) is 25.6 Å². The average molecular weight is 285 g/mol. The summed E-state index contributed by atoms with van der Waals surface area (Å²) in [6.45, 7) is 1.02. The Hall–Kier alpha value is -1.73. The summed E-state index contributed by atoms with van der Waals surface area (Å²) in [5.41, 5.74) is 1.47. The average Bonchev–Trinajstić information content (AvgIpc) is 2.46. The largest absolute Gasteiger partial charge is 0.381 e. The van der Waals surface area contributed by atoms with Gasteiger partial charge in [-0.2, -0.15) is 0 Å². The van der Waals surface area contributed by atoms with Crippen molar-refractivity contribution >= 4 is 11.6 Å². The van der Waals surface area contributed by atoms with Crippen molar-refractivity contribution in [2.24, 2.45) is 5.84 Å². The van der Waals surface area contributed by atoms with Gasteiger partial charge in [0.25, 0.3) is 5.91 Å². The molecule has 7 heteroatoms. The fraction of sp³-hybridized carbons (Fsp3) is 0.462. The summed E-state index contributed by atoms with van der Waals surface area (Å²) in [5, 5.41) is 0. The van der Waals surface area contributed by atoms with Crippen molar-refractivity contribution in [1.29, 1.82) is 0 Å².